The topological polar surface area (TPSA) is 60.0 Å². The molecule has 3 saturated heterocycles. The highest BCUT2D eigenvalue weighted by molar-refractivity contribution is 5.75. The van der Waals surface area contributed by atoms with Gasteiger partial charge in [0, 0.05) is 23.1 Å². The van der Waals surface area contributed by atoms with Gasteiger partial charge in [0.1, 0.15) is 17.6 Å². The normalized spacial score (nSPS) is 26.8. The van der Waals surface area contributed by atoms with Gasteiger partial charge < -0.3 is 19.5 Å². The Balaban J connectivity index is 1.42. The summed E-state index contributed by atoms with van der Waals surface area (Å²) in [6.45, 7) is 9.97. The Morgan fingerprint density at radius 3 is 2.68 bits per heavy atom. The standard InChI is InChI=1S/C28H36N2O4/c1-5-18-7-6-8-20(13-18)21-14-24-22(15-23(21)32-4)26(28(2,3)17-33-24)29-27(31)34-25-16-30-11-9-19(25)10-12-30/h6-8,13-15,19,25-26H,5,9-12,16-17H2,1-4H3,(H,29,31)/t25-,26?/m0/s1. The third kappa shape index (κ3) is 4.36. The Kier molecular flexibility index (Phi) is 6.19. The quantitative estimate of drug-likeness (QED) is 0.659. The van der Waals surface area contributed by atoms with E-state index in [2.05, 4.69) is 55.3 Å². The predicted octanol–water partition coefficient (Wildman–Crippen LogP) is 5.20. The molecule has 2 aromatic carbocycles. The van der Waals surface area contributed by atoms with E-state index < -0.39 is 0 Å². The van der Waals surface area contributed by atoms with Crippen LogP contribution in [0.3, 0.4) is 0 Å². The van der Waals surface area contributed by atoms with Crippen molar-refractivity contribution >= 4 is 6.09 Å². The van der Waals surface area contributed by atoms with Gasteiger partial charge in [0.15, 0.2) is 0 Å². The maximum atomic E-state index is 13.0. The molecular weight excluding hydrogens is 428 g/mol. The van der Waals surface area contributed by atoms with E-state index in [4.69, 9.17) is 14.2 Å². The lowest BCUT2D eigenvalue weighted by Crippen LogP contribution is -2.53. The van der Waals surface area contributed by atoms with Crippen LogP contribution in [0.1, 0.15) is 50.8 Å². The number of carbonyl (C=O) groups excluding carboxylic acids is 1. The van der Waals surface area contributed by atoms with E-state index >= 15 is 0 Å². The third-order valence-electron chi connectivity index (χ3n) is 7.79. The SMILES string of the molecule is CCc1cccc(-c2cc3c(cc2OC)C(NC(=O)O[C@H]2CN4CCC2CC4)C(C)(C)CO3)c1. The van der Waals surface area contributed by atoms with Crippen molar-refractivity contribution < 1.29 is 19.0 Å². The Labute approximate surface area is 202 Å². The number of hydrogen-bond acceptors (Lipinski definition) is 5. The van der Waals surface area contributed by atoms with Gasteiger partial charge in [-0.25, -0.2) is 4.79 Å². The molecule has 1 unspecified atom stereocenters. The summed E-state index contributed by atoms with van der Waals surface area (Å²) in [4.78, 5) is 15.4. The lowest BCUT2D eigenvalue weighted by Gasteiger charge is -2.44. The zero-order chi connectivity index (χ0) is 23.9. The Morgan fingerprint density at radius 1 is 1.21 bits per heavy atom. The molecule has 2 atom stereocenters. The minimum atomic E-state index is -0.344. The highest BCUT2D eigenvalue weighted by atomic mass is 16.6. The number of rotatable bonds is 5. The molecule has 6 rings (SSSR count). The van der Waals surface area contributed by atoms with Crippen LogP contribution < -0.4 is 14.8 Å². The van der Waals surface area contributed by atoms with Gasteiger partial charge in [-0.05, 0) is 61.5 Å². The second-order valence-electron chi connectivity index (χ2n) is 10.6. The molecule has 4 heterocycles. The van der Waals surface area contributed by atoms with E-state index in [1.807, 2.05) is 12.1 Å². The van der Waals surface area contributed by atoms with E-state index in [1.54, 1.807) is 7.11 Å². The molecule has 0 aromatic heterocycles. The summed E-state index contributed by atoms with van der Waals surface area (Å²) in [5.74, 6) is 2.03. The van der Waals surface area contributed by atoms with Crippen molar-refractivity contribution in [1.29, 1.82) is 0 Å². The van der Waals surface area contributed by atoms with Crippen LogP contribution in [0.25, 0.3) is 11.1 Å². The number of methoxy groups -OCH3 is 1. The van der Waals surface area contributed by atoms with Crippen molar-refractivity contribution in [2.45, 2.75) is 52.2 Å². The molecule has 1 amide bonds. The number of carbonyl (C=O) groups is 1. The molecule has 0 radical (unpaired) electrons. The van der Waals surface area contributed by atoms with E-state index in [0.29, 0.717) is 12.5 Å². The highest BCUT2D eigenvalue weighted by Gasteiger charge is 2.41. The van der Waals surface area contributed by atoms with Gasteiger partial charge in [-0.3, -0.25) is 4.90 Å². The van der Waals surface area contributed by atoms with Crippen LogP contribution in [0.2, 0.25) is 0 Å². The highest BCUT2D eigenvalue weighted by Crippen LogP contribution is 2.47. The largest absolute Gasteiger partial charge is 0.496 e. The number of aryl methyl sites for hydroxylation is 1. The summed E-state index contributed by atoms with van der Waals surface area (Å²) in [5.41, 5.74) is 3.99. The minimum absolute atomic E-state index is 0.0207. The van der Waals surface area contributed by atoms with Crippen molar-refractivity contribution in [2.24, 2.45) is 11.3 Å². The first-order chi connectivity index (χ1) is 16.4. The van der Waals surface area contributed by atoms with E-state index in [1.165, 1.54) is 5.56 Å². The summed E-state index contributed by atoms with van der Waals surface area (Å²) in [7, 11) is 1.69. The molecular formula is C28H36N2O4. The summed E-state index contributed by atoms with van der Waals surface area (Å²) in [6.07, 6.45) is 2.83. The van der Waals surface area contributed by atoms with Crippen LogP contribution in [-0.4, -0.2) is 50.4 Å². The number of hydrogen-bond donors (Lipinski definition) is 1. The lowest BCUT2D eigenvalue weighted by molar-refractivity contribution is -0.0361. The first-order valence-electron chi connectivity index (χ1n) is 12.5. The second kappa shape index (κ2) is 9.14. The first kappa shape index (κ1) is 23.0. The first-order valence-corrected chi connectivity index (χ1v) is 12.5. The molecule has 4 aliphatic heterocycles. The van der Waals surface area contributed by atoms with Gasteiger partial charge in [-0.2, -0.15) is 0 Å². The van der Waals surface area contributed by atoms with Crippen LogP contribution in [0.15, 0.2) is 36.4 Å². The molecule has 0 saturated carbocycles. The number of fused-ring (bicyclic) bond motifs is 4. The molecule has 6 heteroatoms. The van der Waals surface area contributed by atoms with Crippen LogP contribution >= 0.6 is 0 Å². The van der Waals surface area contributed by atoms with E-state index in [0.717, 1.165) is 67.1 Å². The Morgan fingerprint density at radius 2 is 2.00 bits per heavy atom. The number of nitrogens with zero attached hydrogens (tertiary/aromatic N) is 1. The molecule has 0 spiro atoms. The molecule has 6 nitrogen and oxygen atoms in total. The molecule has 4 aliphatic rings. The smallest absolute Gasteiger partial charge is 0.407 e. The number of amides is 1. The fraction of sp³-hybridized carbons (Fsp3) is 0.536. The Bertz CT molecular complexity index is 1060. The van der Waals surface area contributed by atoms with E-state index in [9.17, 15) is 4.79 Å². The molecule has 34 heavy (non-hydrogen) atoms. The number of alkyl carbamates (subject to hydrolysis) is 1. The Hall–Kier alpha value is -2.73. The second-order valence-corrected chi connectivity index (χ2v) is 10.6. The monoisotopic (exact) mass is 464 g/mol. The van der Waals surface area contributed by atoms with Crippen molar-refractivity contribution in [3.8, 4) is 22.6 Å². The van der Waals surface area contributed by atoms with Crippen LogP contribution in [0, 0.1) is 11.3 Å². The van der Waals surface area contributed by atoms with Gasteiger partial charge in [0.05, 0.1) is 19.8 Å². The van der Waals surface area contributed by atoms with Crippen LogP contribution in [-0.2, 0) is 11.2 Å². The fourth-order valence-electron chi connectivity index (χ4n) is 5.65. The predicted molar refractivity (Wildman–Crippen MR) is 132 cm³/mol. The van der Waals surface area contributed by atoms with Crippen LogP contribution in [0.4, 0.5) is 4.79 Å². The zero-order valence-electron chi connectivity index (χ0n) is 20.7. The molecule has 2 aromatic rings. The van der Waals surface area contributed by atoms with Crippen molar-refractivity contribution in [1.82, 2.24) is 10.2 Å². The summed E-state index contributed by atoms with van der Waals surface area (Å²) >= 11 is 0. The summed E-state index contributed by atoms with van der Waals surface area (Å²) < 4.78 is 18.0. The number of nitrogens with one attached hydrogen (secondary N) is 1. The van der Waals surface area contributed by atoms with Crippen LogP contribution in [0.5, 0.6) is 11.5 Å². The zero-order valence-corrected chi connectivity index (χ0v) is 20.7. The van der Waals surface area contributed by atoms with Crippen molar-refractivity contribution in [2.75, 3.05) is 33.4 Å². The molecule has 182 valence electrons. The summed E-state index contributed by atoms with van der Waals surface area (Å²) in [6, 6.07) is 12.3. The molecule has 0 aliphatic carbocycles. The average Bonchev–Trinajstić information content (AvgIpc) is 2.86. The number of ether oxygens (including phenoxy) is 3. The van der Waals surface area contributed by atoms with Gasteiger partial charge in [0.25, 0.3) is 0 Å². The molecule has 3 fully saturated rings. The molecule has 1 N–H and O–H groups in total. The van der Waals surface area contributed by atoms with Crippen molar-refractivity contribution in [3.63, 3.8) is 0 Å². The number of benzene rings is 2. The van der Waals surface area contributed by atoms with Gasteiger partial charge >= 0.3 is 6.09 Å². The minimum Gasteiger partial charge on any atom is -0.496 e. The average molecular weight is 465 g/mol. The summed E-state index contributed by atoms with van der Waals surface area (Å²) in [5, 5.41) is 3.19. The fourth-order valence-corrected chi connectivity index (χ4v) is 5.65. The van der Waals surface area contributed by atoms with Gasteiger partial charge in [-0.1, -0.05) is 45.0 Å². The van der Waals surface area contributed by atoms with E-state index in [-0.39, 0.29) is 23.7 Å². The lowest BCUT2D eigenvalue weighted by atomic mass is 9.78. The maximum absolute atomic E-state index is 13.0. The third-order valence-corrected chi connectivity index (χ3v) is 7.79. The molecule has 2 bridgehead atoms. The maximum Gasteiger partial charge on any atom is 0.407 e. The van der Waals surface area contributed by atoms with Crippen molar-refractivity contribution in [3.05, 3.63) is 47.5 Å². The number of piperidine rings is 3. The van der Waals surface area contributed by atoms with Gasteiger partial charge in [0.2, 0.25) is 0 Å². The van der Waals surface area contributed by atoms with Gasteiger partial charge in [-0.15, -0.1) is 0 Å².